The van der Waals surface area contributed by atoms with E-state index in [2.05, 4.69) is 14.4 Å². The van der Waals surface area contributed by atoms with Gasteiger partial charge in [-0.2, -0.15) is 8.42 Å². The molecule has 1 aromatic heterocycles. The predicted molar refractivity (Wildman–Crippen MR) is 50.8 cm³/mol. The lowest BCUT2D eigenvalue weighted by atomic mass is 10.4. The van der Waals surface area contributed by atoms with Crippen molar-refractivity contribution in [1.29, 1.82) is 0 Å². The normalized spacial score (nSPS) is 11.2. The third-order valence-electron chi connectivity index (χ3n) is 1.28. The van der Waals surface area contributed by atoms with Gasteiger partial charge >= 0.3 is 0 Å². The molecule has 72 valence electrons. The van der Waals surface area contributed by atoms with Crippen LogP contribution >= 0.6 is 11.6 Å². The molecule has 1 rings (SSSR count). The number of aromatic nitrogens is 1. The summed E-state index contributed by atoms with van der Waals surface area (Å²) in [5.74, 6) is 0. The second-order valence-corrected chi connectivity index (χ2v) is 4.19. The van der Waals surface area contributed by atoms with Crippen molar-refractivity contribution in [3.63, 3.8) is 0 Å². The van der Waals surface area contributed by atoms with Crippen molar-refractivity contribution < 1.29 is 8.42 Å². The number of halogens is 1. The number of nitrogens with zero attached hydrogens (tertiary/aromatic N) is 1. The topological polar surface area (TPSA) is 71.1 Å². The average molecular weight is 222 g/mol. The molecule has 13 heavy (non-hydrogen) atoms. The van der Waals surface area contributed by atoms with Crippen LogP contribution in [0, 0.1) is 0 Å². The Morgan fingerprint density at radius 1 is 1.54 bits per heavy atom. The van der Waals surface area contributed by atoms with Crippen LogP contribution in [0.3, 0.4) is 0 Å². The van der Waals surface area contributed by atoms with E-state index in [4.69, 9.17) is 11.6 Å². The summed E-state index contributed by atoms with van der Waals surface area (Å²) in [6.07, 6.45) is 2.80. The molecule has 0 unspecified atom stereocenters. The maximum absolute atomic E-state index is 11.0. The van der Waals surface area contributed by atoms with Gasteiger partial charge in [0.2, 0.25) is 0 Å². The Morgan fingerprint density at radius 3 is 2.77 bits per heavy atom. The quantitative estimate of drug-likeness (QED) is 0.786. The summed E-state index contributed by atoms with van der Waals surface area (Å²) in [5.41, 5.74) is 0.249. The predicted octanol–water partition coefficient (Wildman–Crippen LogP) is 0.611. The molecule has 0 aromatic carbocycles. The Hall–Kier alpha value is -0.850. The van der Waals surface area contributed by atoms with Crippen LogP contribution in [-0.4, -0.2) is 20.4 Å². The van der Waals surface area contributed by atoms with Crippen LogP contribution in [0.1, 0.15) is 0 Å². The number of hydrogen-bond acceptors (Lipinski definition) is 3. The van der Waals surface area contributed by atoms with Gasteiger partial charge in [0.15, 0.2) is 0 Å². The van der Waals surface area contributed by atoms with Crippen LogP contribution in [0.2, 0.25) is 5.02 Å². The van der Waals surface area contributed by atoms with Crippen molar-refractivity contribution in [3.05, 3.63) is 23.5 Å². The van der Waals surface area contributed by atoms with Crippen LogP contribution in [0.25, 0.3) is 0 Å². The summed E-state index contributed by atoms with van der Waals surface area (Å²) in [5, 5.41) is 0.300. The third kappa shape index (κ3) is 2.83. The number of anilines is 1. The Bertz CT molecular complexity index is 393. The van der Waals surface area contributed by atoms with Gasteiger partial charge in [-0.15, -0.1) is 0 Å². The van der Waals surface area contributed by atoms with E-state index in [0.29, 0.717) is 5.02 Å². The first kappa shape index (κ1) is 10.2. The minimum absolute atomic E-state index is 0.249. The molecule has 0 amide bonds. The lowest BCUT2D eigenvalue weighted by Gasteiger charge is -2.06. The minimum atomic E-state index is -3.52. The number of pyridine rings is 1. The highest BCUT2D eigenvalue weighted by Gasteiger charge is 2.08. The highest BCUT2D eigenvalue weighted by Crippen LogP contribution is 2.19. The first-order valence-corrected chi connectivity index (χ1v) is 5.22. The third-order valence-corrected chi connectivity index (χ3v) is 2.64. The lowest BCUT2D eigenvalue weighted by Crippen LogP contribution is -2.26. The van der Waals surface area contributed by atoms with Gasteiger partial charge in [-0.25, -0.2) is 4.72 Å². The van der Waals surface area contributed by atoms with Crippen molar-refractivity contribution in [2.24, 2.45) is 0 Å². The van der Waals surface area contributed by atoms with E-state index in [0.717, 1.165) is 0 Å². The molecule has 0 saturated heterocycles. The fourth-order valence-corrected chi connectivity index (χ4v) is 1.41. The summed E-state index contributed by atoms with van der Waals surface area (Å²) in [6, 6.07) is 1.50. The number of nitrogens with one attached hydrogen (secondary N) is 2. The van der Waals surface area contributed by atoms with Crippen molar-refractivity contribution in [1.82, 2.24) is 9.71 Å². The first-order valence-electron chi connectivity index (χ1n) is 3.36. The van der Waals surface area contributed by atoms with Crippen LogP contribution in [0.5, 0.6) is 0 Å². The van der Waals surface area contributed by atoms with Gasteiger partial charge in [0.1, 0.15) is 0 Å². The summed E-state index contributed by atoms with van der Waals surface area (Å²) in [7, 11) is -2.22. The molecule has 0 aliphatic rings. The van der Waals surface area contributed by atoms with E-state index < -0.39 is 10.2 Å². The molecule has 0 spiro atoms. The standard InChI is InChI=1S/C6H8ClN3O2S/c1-8-13(11,12)10-6-4-9-3-2-5(6)7/h2-4,8,10H,1H3. The Balaban J connectivity index is 2.93. The molecule has 5 nitrogen and oxygen atoms in total. The Morgan fingerprint density at radius 2 is 2.23 bits per heavy atom. The Kier molecular flexibility index (Phi) is 3.07. The Labute approximate surface area is 81.3 Å². The highest BCUT2D eigenvalue weighted by atomic mass is 35.5. The van der Waals surface area contributed by atoms with Crippen molar-refractivity contribution in [2.75, 3.05) is 11.8 Å². The summed E-state index contributed by atoms with van der Waals surface area (Å²) in [4.78, 5) is 3.72. The van der Waals surface area contributed by atoms with Gasteiger partial charge < -0.3 is 0 Å². The van der Waals surface area contributed by atoms with Crippen LogP contribution < -0.4 is 9.44 Å². The van der Waals surface area contributed by atoms with Gasteiger partial charge in [-0.3, -0.25) is 9.71 Å². The molecule has 7 heteroatoms. The van der Waals surface area contributed by atoms with E-state index in [9.17, 15) is 8.42 Å². The molecule has 0 fully saturated rings. The molecular weight excluding hydrogens is 214 g/mol. The van der Waals surface area contributed by atoms with Gasteiger partial charge in [-0.05, 0) is 6.07 Å². The second-order valence-electron chi connectivity index (χ2n) is 2.17. The SMILES string of the molecule is CNS(=O)(=O)Nc1cnccc1Cl. The van der Waals surface area contributed by atoms with Gasteiger partial charge in [0, 0.05) is 13.2 Å². The van der Waals surface area contributed by atoms with Gasteiger partial charge in [-0.1, -0.05) is 11.6 Å². The highest BCUT2D eigenvalue weighted by molar-refractivity contribution is 7.90. The largest absolute Gasteiger partial charge is 0.298 e. The maximum atomic E-state index is 11.0. The molecule has 2 N–H and O–H groups in total. The van der Waals surface area contributed by atoms with Crippen LogP contribution in [0.15, 0.2) is 18.5 Å². The lowest BCUT2D eigenvalue weighted by molar-refractivity contribution is 0.593. The molecule has 0 radical (unpaired) electrons. The number of rotatable bonds is 3. The van der Waals surface area contributed by atoms with Crippen molar-refractivity contribution in [2.45, 2.75) is 0 Å². The van der Waals surface area contributed by atoms with E-state index in [1.54, 1.807) is 0 Å². The average Bonchev–Trinajstić information content (AvgIpc) is 2.09. The maximum Gasteiger partial charge on any atom is 0.298 e. The van der Waals surface area contributed by atoms with Crippen LogP contribution in [-0.2, 0) is 10.2 Å². The minimum Gasteiger partial charge on any atom is -0.268 e. The van der Waals surface area contributed by atoms with Crippen LogP contribution in [0.4, 0.5) is 5.69 Å². The molecule has 0 saturated carbocycles. The molecule has 1 aromatic rings. The fraction of sp³-hybridized carbons (Fsp3) is 0.167. The number of hydrogen-bond donors (Lipinski definition) is 2. The van der Waals surface area contributed by atoms with Gasteiger partial charge in [0.25, 0.3) is 10.2 Å². The zero-order valence-corrected chi connectivity index (χ0v) is 8.35. The van der Waals surface area contributed by atoms with E-state index in [1.807, 2.05) is 0 Å². The van der Waals surface area contributed by atoms with Gasteiger partial charge in [0.05, 0.1) is 16.9 Å². The van der Waals surface area contributed by atoms with E-state index in [1.165, 1.54) is 25.5 Å². The summed E-state index contributed by atoms with van der Waals surface area (Å²) < 4.78 is 26.3. The van der Waals surface area contributed by atoms with Crippen molar-refractivity contribution >= 4 is 27.5 Å². The molecule has 0 aliphatic carbocycles. The summed E-state index contributed by atoms with van der Waals surface area (Å²) >= 11 is 5.69. The molecule has 0 bridgehead atoms. The fourth-order valence-electron chi connectivity index (χ4n) is 0.648. The smallest absolute Gasteiger partial charge is 0.268 e. The van der Waals surface area contributed by atoms with E-state index >= 15 is 0 Å². The first-order chi connectivity index (χ1) is 6.05. The van der Waals surface area contributed by atoms with Crippen molar-refractivity contribution in [3.8, 4) is 0 Å². The second kappa shape index (κ2) is 3.91. The zero-order valence-electron chi connectivity index (χ0n) is 6.78. The molecule has 1 heterocycles. The zero-order chi connectivity index (χ0) is 9.90. The van der Waals surface area contributed by atoms with E-state index in [-0.39, 0.29) is 5.69 Å². The summed E-state index contributed by atoms with van der Waals surface area (Å²) in [6.45, 7) is 0. The molecular formula is C6H8ClN3O2S. The molecule has 0 aliphatic heterocycles. The monoisotopic (exact) mass is 221 g/mol. The molecule has 0 atom stereocenters.